The lowest BCUT2D eigenvalue weighted by Gasteiger charge is -2.04. The van der Waals surface area contributed by atoms with Gasteiger partial charge in [-0.05, 0) is 29.3 Å². The summed E-state index contributed by atoms with van der Waals surface area (Å²) in [6.07, 6.45) is 1.64. The Balaban J connectivity index is 2.01. The Morgan fingerprint density at radius 2 is 2.05 bits per heavy atom. The van der Waals surface area contributed by atoms with Gasteiger partial charge in [-0.1, -0.05) is 18.2 Å². The molecule has 100 valence electrons. The fraction of sp³-hybridized carbons (Fsp3) is 0.133. The fourth-order valence-electron chi connectivity index (χ4n) is 1.69. The third kappa shape index (κ3) is 3.84. The fourth-order valence-corrected chi connectivity index (χ4v) is 2.58. The van der Waals surface area contributed by atoms with Crippen molar-refractivity contribution in [2.75, 3.05) is 0 Å². The van der Waals surface area contributed by atoms with Crippen molar-refractivity contribution in [3.8, 4) is 6.07 Å². The van der Waals surface area contributed by atoms with Crippen LogP contribution in [-0.2, 0) is 17.0 Å². The standard InChI is InChI=1S/C15H12N2O2S/c16-9-14-12(2-1-7-17-14)10-20-13-5-3-11(4-6-13)8-15(18)19/h1-7H,8,10H2,(H,18,19). The Hall–Kier alpha value is -2.32. The number of rotatable bonds is 5. The first-order valence-corrected chi connectivity index (χ1v) is 6.95. The zero-order valence-corrected chi connectivity index (χ0v) is 11.4. The van der Waals surface area contributed by atoms with Crippen molar-refractivity contribution in [2.45, 2.75) is 17.1 Å². The van der Waals surface area contributed by atoms with Crippen molar-refractivity contribution < 1.29 is 9.90 Å². The van der Waals surface area contributed by atoms with Crippen LogP contribution in [0.4, 0.5) is 0 Å². The number of carboxylic acids is 1. The molecule has 1 heterocycles. The van der Waals surface area contributed by atoms with Gasteiger partial charge in [0.15, 0.2) is 0 Å². The zero-order chi connectivity index (χ0) is 14.4. The van der Waals surface area contributed by atoms with Crippen LogP contribution in [0.25, 0.3) is 0 Å². The SMILES string of the molecule is N#Cc1ncccc1CSc1ccc(CC(=O)O)cc1. The number of hydrogen-bond donors (Lipinski definition) is 1. The maximum Gasteiger partial charge on any atom is 0.307 e. The summed E-state index contributed by atoms with van der Waals surface area (Å²) in [5.74, 6) is -0.172. The third-order valence-corrected chi connectivity index (χ3v) is 3.73. The van der Waals surface area contributed by atoms with Gasteiger partial charge in [-0.3, -0.25) is 4.79 Å². The van der Waals surface area contributed by atoms with Gasteiger partial charge < -0.3 is 5.11 Å². The molecule has 0 saturated heterocycles. The summed E-state index contributed by atoms with van der Waals surface area (Å²) in [6.45, 7) is 0. The molecular weight excluding hydrogens is 272 g/mol. The molecule has 0 bridgehead atoms. The molecule has 0 fully saturated rings. The van der Waals surface area contributed by atoms with E-state index in [9.17, 15) is 4.79 Å². The maximum absolute atomic E-state index is 10.6. The highest BCUT2D eigenvalue weighted by atomic mass is 32.2. The molecule has 0 radical (unpaired) electrons. The number of nitrogens with zero attached hydrogens (tertiary/aromatic N) is 2. The quantitative estimate of drug-likeness (QED) is 0.854. The molecule has 0 saturated carbocycles. The van der Waals surface area contributed by atoms with Gasteiger partial charge in [-0.2, -0.15) is 5.26 Å². The maximum atomic E-state index is 10.6. The molecule has 0 aliphatic rings. The second-order valence-electron chi connectivity index (χ2n) is 4.13. The van der Waals surface area contributed by atoms with E-state index >= 15 is 0 Å². The monoisotopic (exact) mass is 284 g/mol. The summed E-state index contributed by atoms with van der Waals surface area (Å²) in [4.78, 5) is 15.6. The van der Waals surface area contributed by atoms with E-state index in [1.807, 2.05) is 36.4 Å². The first-order valence-electron chi connectivity index (χ1n) is 5.96. The third-order valence-electron chi connectivity index (χ3n) is 2.67. The average molecular weight is 284 g/mol. The number of aromatic nitrogens is 1. The Kier molecular flexibility index (Phi) is 4.75. The summed E-state index contributed by atoms with van der Waals surface area (Å²) in [6, 6.07) is 13.2. The summed E-state index contributed by atoms with van der Waals surface area (Å²) in [7, 11) is 0. The molecule has 0 spiro atoms. The Morgan fingerprint density at radius 1 is 1.30 bits per heavy atom. The van der Waals surface area contributed by atoms with Gasteiger partial charge >= 0.3 is 5.97 Å². The minimum Gasteiger partial charge on any atom is -0.481 e. The second-order valence-corrected chi connectivity index (χ2v) is 5.17. The van der Waals surface area contributed by atoms with Gasteiger partial charge in [-0.15, -0.1) is 11.8 Å². The van der Waals surface area contributed by atoms with Crippen LogP contribution in [0, 0.1) is 11.3 Å². The predicted octanol–water partition coefficient (Wildman–Crippen LogP) is 2.87. The summed E-state index contributed by atoms with van der Waals surface area (Å²) < 4.78 is 0. The van der Waals surface area contributed by atoms with E-state index in [0.717, 1.165) is 16.0 Å². The molecule has 0 amide bonds. The Labute approximate surface area is 121 Å². The van der Waals surface area contributed by atoms with E-state index in [4.69, 9.17) is 10.4 Å². The molecule has 0 aliphatic heterocycles. The predicted molar refractivity (Wildman–Crippen MR) is 76.3 cm³/mol. The Bertz CT molecular complexity index is 648. The molecule has 0 unspecified atom stereocenters. The number of thioether (sulfide) groups is 1. The van der Waals surface area contributed by atoms with Gasteiger partial charge in [0, 0.05) is 16.8 Å². The molecule has 2 rings (SSSR count). The molecule has 1 N–H and O–H groups in total. The normalized spacial score (nSPS) is 9.95. The average Bonchev–Trinajstić information content (AvgIpc) is 2.46. The van der Waals surface area contributed by atoms with Gasteiger partial charge in [0.05, 0.1) is 6.42 Å². The van der Waals surface area contributed by atoms with Crippen molar-refractivity contribution in [1.29, 1.82) is 5.26 Å². The first kappa shape index (κ1) is 14.1. The van der Waals surface area contributed by atoms with Crippen LogP contribution in [-0.4, -0.2) is 16.1 Å². The van der Waals surface area contributed by atoms with Gasteiger partial charge in [0.1, 0.15) is 11.8 Å². The number of benzene rings is 1. The molecule has 1 aromatic carbocycles. The molecule has 5 heteroatoms. The van der Waals surface area contributed by atoms with Crippen LogP contribution in [0.15, 0.2) is 47.5 Å². The minimum absolute atomic E-state index is 0.0339. The number of carboxylic acid groups (broad SMARTS) is 1. The van der Waals surface area contributed by atoms with Crippen LogP contribution in [0.3, 0.4) is 0 Å². The van der Waals surface area contributed by atoms with E-state index in [-0.39, 0.29) is 6.42 Å². The molecule has 0 aliphatic carbocycles. The largest absolute Gasteiger partial charge is 0.481 e. The van der Waals surface area contributed by atoms with Gasteiger partial charge in [0.25, 0.3) is 0 Å². The molecule has 1 aromatic heterocycles. The smallest absolute Gasteiger partial charge is 0.307 e. The van der Waals surface area contributed by atoms with E-state index in [1.54, 1.807) is 18.0 Å². The van der Waals surface area contributed by atoms with Gasteiger partial charge in [0.2, 0.25) is 0 Å². The molecular formula is C15H12N2O2S. The summed E-state index contributed by atoms with van der Waals surface area (Å²) in [5, 5.41) is 17.7. The number of hydrogen-bond acceptors (Lipinski definition) is 4. The number of pyridine rings is 1. The molecule has 2 aromatic rings. The van der Waals surface area contributed by atoms with Crippen LogP contribution >= 0.6 is 11.8 Å². The van der Waals surface area contributed by atoms with Crippen LogP contribution in [0.5, 0.6) is 0 Å². The second kappa shape index (κ2) is 6.73. The number of aliphatic carboxylic acids is 1. The Morgan fingerprint density at radius 3 is 2.70 bits per heavy atom. The van der Waals surface area contributed by atoms with Crippen molar-refractivity contribution in [1.82, 2.24) is 4.98 Å². The van der Waals surface area contributed by atoms with E-state index in [2.05, 4.69) is 11.1 Å². The minimum atomic E-state index is -0.834. The highest BCUT2D eigenvalue weighted by molar-refractivity contribution is 7.98. The topological polar surface area (TPSA) is 74.0 Å². The lowest BCUT2D eigenvalue weighted by atomic mass is 10.2. The van der Waals surface area contributed by atoms with Crippen LogP contribution < -0.4 is 0 Å². The number of carbonyl (C=O) groups is 1. The zero-order valence-electron chi connectivity index (χ0n) is 10.6. The summed E-state index contributed by atoms with van der Waals surface area (Å²) >= 11 is 1.59. The highest BCUT2D eigenvalue weighted by Gasteiger charge is 2.04. The lowest BCUT2D eigenvalue weighted by Crippen LogP contribution is -1.99. The molecule has 0 atom stereocenters. The van der Waals surface area contributed by atoms with Crippen molar-refractivity contribution >= 4 is 17.7 Å². The van der Waals surface area contributed by atoms with Crippen molar-refractivity contribution in [3.05, 3.63) is 59.4 Å². The van der Waals surface area contributed by atoms with E-state index < -0.39 is 5.97 Å². The molecule has 4 nitrogen and oxygen atoms in total. The van der Waals surface area contributed by atoms with E-state index in [1.165, 1.54) is 0 Å². The summed E-state index contributed by atoms with van der Waals surface area (Å²) in [5.41, 5.74) is 2.12. The number of nitriles is 1. The lowest BCUT2D eigenvalue weighted by molar-refractivity contribution is -0.136. The first-order chi connectivity index (χ1) is 9.69. The van der Waals surface area contributed by atoms with Crippen molar-refractivity contribution in [3.63, 3.8) is 0 Å². The molecule has 20 heavy (non-hydrogen) atoms. The van der Waals surface area contributed by atoms with Crippen LogP contribution in [0.1, 0.15) is 16.8 Å². The van der Waals surface area contributed by atoms with E-state index in [0.29, 0.717) is 11.4 Å². The van der Waals surface area contributed by atoms with Crippen molar-refractivity contribution in [2.24, 2.45) is 0 Å². The highest BCUT2D eigenvalue weighted by Crippen LogP contribution is 2.24. The van der Waals surface area contributed by atoms with Crippen LogP contribution in [0.2, 0.25) is 0 Å². The van der Waals surface area contributed by atoms with Gasteiger partial charge in [-0.25, -0.2) is 4.98 Å².